The first kappa shape index (κ1) is 67.5. The van der Waals surface area contributed by atoms with Crippen molar-refractivity contribution in [1.82, 2.24) is 45.3 Å². The van der Waals surface area contributed by atoms with E-state index in [2.05, 4.69) is 16.0 Å². The molecule has 4 N–H and O–H groups in total. The molecule has 1 aromatic rings. The minimum Gasteiger partial charge on any atom is -0.497 e. The average Bonchev–Trinajstić information content (AvgIpc) is 3.41. The molecule has 0 saturated carbocycles. The van der Waals surface area contributed by atoms with Crippen molar-refractivity contribution in [2.75, 3.05) is 55.4 Å². The summed E-state index contributed by atoms with van der Waals surface area (Å²) >= 11 is 0. The van der Waals surface area contributed by atoms with E-state index in [-0.39, 0.29) is 19.4 Å². The van der Waals surface area contributed by atoms with Gasteiger partial charge in [-0.1, -0.05) is 94.2 Å². The first-order chi connectivity index (χ1) is 37.4. The highest BCUT2D eigenvalue weighted by molar-refractivity contribution is 5.99. The Hall–Kier alpha value is -6.81. The zero-order valence-corrected chi connectivity index (χ0v) is 50.2. The number of ether oxygens (including phenoxy) is 2. The summed E-state index contributed by atoms with van der Waals surface area (Å²) < 4.78 is 11.2. The summed E-state index contributed by atoms with van der Waals surface area (Å²) in [5.74, 6) is -11.4. The molecule has 2 saturated heterocycles. The van der Waals surface area contributed by atoms with Crippen molar-refractivity contribution >= 4 is 65.1 Å². The zero-order chi connectivity index (χ0) is 60.8. The number of cyclic esters (lactones) is 1. The Morgan fingerprint density at radius 3 is 1.69 bits per heavy atom. The van der Waals surface area contributed by atoms with Crippen LogP contribution in [0.1, 0.15) is 120 Å². The van der Waals surface area contributed by atoms with Gasteiger partial charge in [-0.05, 0) is 73.5 Å². The second-order valence-electron chi connectivity index (χ2n) is 22.6. The van der Waals surface area contributed by atoms with E-state index < -0.39 is 162 Å². The lowest BCUT2D eigenvalue weighted by Gasteiger charge is -2.41. The predicted molar refractivity (Wildman–Crippen MR) is 297 cm³/mol. The maximum Gasteiger partial charge on any atom is 0.329 e. The van der Waals surface area contributed by atoms with Crippen LogP contribution in [0, 0.1) is 29.6 Å². The number of piperidine rings is 1. The Balaban J connectivity index is 2.27. The van der Waals surface area contributed by atoms with Gasteiger partial charge in [0.05, 0.1) is 20.1 Å². The Labute approximate surface area is 472 Å². The van der Waals surface area contributed by atoms with E-state index in [0.717, 1.165) is 14.7 Å². The van der Waals surface area contributed by atoms with Crippen LogP contribution in [0.5, 0.6) is 5.75 Å². The van der Waals surface area contributed by atoms with Gasteiger partial charge >= 0.3 is 11.9 Å². The molecule has 0 bridgehead atoms. The van der Waals surface area contributed by atoms with Gasteiger partial charge in [0.2, 0.25) is 47.3 Å². The molecule has 80 heavy (non-hydrogen) atoms. The Morgan fingerprint density at radius 1 is 0.637 bits per heavy atom. The van der Waals surface area contributed by atoms with Crippen molar-refractivity contribution in [2.45, 2.75) is 176 Å². The van der Waals surface area contributed by atoms with Gasteiger partial charge in [-0.3, -0.25) is 47.9 Å². The number of amides is 9. The van der Waals surface area contributed by atoms with E-state index in [1.165, 1.54) is 64.0 Å². The van der Waals surface area contributed by atoms with Gasteiger partial charge in [-0.15, -0.1) is 0 Å². The second kappa shape index (κ2) is 30.1. The fourth-order valence-corrected chi connectivity index (χ4v) is 10.7. The lowest BCUT2D eigenvalue weighted by Crippen LogP contribution is -2.63. The van der Waals surface area contributed by atoms with Crippen LogP contribution in [0.3, 0.4) is 0 Å². The molecule has 2 aliphatic heterocycles. The normalized spacial score (nSPS) is 26.7. The van der Waals surface area contributed by atoms with Gasteiger partial charge in [0.25, 0.3) is 5.91 Å². The van der Waals surface area contributed by atoms with E-state index in [4.69, 9.17) is 9.47 Å². The first-order valence-corrected chi connectivity index (χ1v) is 27.9. The number of esters is 1. The van der Waals surface area contributed by atoms with E-state index in [1.54, 1.807) is 86.6 Å². The number of carboxylic acids is 1. The number of carbonyl (C=O) groups is 11. The van der Waals surface area contributed by atoms with Crippen LogP contribution in [0.2, 0.25) is 0 Å². The van der Waals surface area contributed by atoms with Crippen LogP contribution in [0.15, 0.2) is 24.3 Å². The van der Waals surface area contributed by atoms with Crippen LogP contribution < -0.4 is 20.7 Å². The molecule has 0 radical (unpaired) electrons. The lowest BCUT2D eigenvalue weighted by atomic mass is 9.92. The molecule has 3 rings (SSSR count). The minimum atomic E-state index is -1.69. The molecule has 11 atom stereocenters. The molecule has 23 nitrogen and oxygen atoms in total. The van der Waals surface area contributed by atoms with Gasteiger partial charge in [-0.2, -0.15) is 0 Å². The molecule has 1 unspecified atom stereocenters. The van der Waals surface area contributed by atoms with Crippen molar-refractivity contribution in [3.8, 4) is 5.75 Å². The van der Waals surface area contributed by atoms with E-state index in [9.17, 15) is 57.8 Å². The smallest absolute Gasteiger partial charge is 0.329 e. The van der Waals surface area contributed by atoms with Gasteiger partial charge in [0, 0.05) is 48.2 Å². The highest BCUT2D eigenvalue weighted by Gasteiger charge is 2.46. The van der Waals surface area contributed by atoms with Crippen LogP contribution in [0.25, 0.3) is 0 Å². The van der Waals surface area contributed by atoms with Crippen LogP contribution in [-0.4, -0.2) is 209 Å². The summed E-state index contributed by atoms with van der Waals surface area (Å²) in [7, 11) is 8.24. The molecular formula is C57H91N9O14. The fourth-order valence-electron chi connectivity index (χ4n) is 10.7. The molecule has 1 aromatic carbocycles. The standard InChI is InChI=1S/C57H91N9O14/c1-18-34(9)47-49(70)58-30-42(67)62(13)45(32(5)6)50(71)59-39(28-37-23-25-38(79-17)26-24-37)57(78)80-36(11)52(73)66-27-21-20-22-40(66)53(74)63(14)46(33(7)8)51(72)60-44(31(3)4)55(76)61(12)41(29-43(68)69)54(75)65(16)48(35(10)19-2)56(77)64(47)15/h23-26,31-36,39-41,44-48H,18-22,27-30H2,1-17H3,(H,58,70)(H,59,71)(H,60,72)(H,68,69)/t34-,35-,36?,39-,40-,41-,44-,45-,46-,47-,48-/m0/s1. The molecular weight excluding hydrogens is 1030 g/mol. The van der Waals surface area contributed by atoms with Crippen LogP contribution in [0.4, 0.5) is 0 Å². The number of carboxylic acid groups (broad SMARTS) is 1. The summed E-state index contributed by atoms with van der Waals surface area (Å²) in [6.07, 6.45) is -0.488. The lowest BCUT2D eigenvalue weighted by molar-refractivity contribution is -0.165. The van der Waals surface area contributed by atoms with Gasteiger partial charge in [-0.25, -0.2) is 4.79 Å². The Morgan fingerprint density at radius 2 is 1.16 bits per heavy atom. The molecule has 2 aliphatic rings. The number of hydrogen-bond donors (Lipinski definition) is 4. The number of rotatable bonds is 12. The number of likely N-dealkylation sites (N-methyl/N-ethyl adjacent to an activating group) is 5. The highest BCUT2D eigenvalue weighted by atomic mass is 16.5. The number of nitrogens with one attached hydrogen (secondary N) is 3. The molecule has 9 amide bonds. The van der Waals surface area contributed by atoms with Crippen molar-refractivity contribution < 1.29 is 67.3 Å². The predicted octanol–water partition coefficient (Wildman–Crippen LogP) is 2.32. The van der Waals surface area contributed by atoms with E-state index in [1.807, 2.05) is 6.92 Å². The molecule has 2 fully saturated rings. The number of aliphatic carboxylic acids is 1. The summed E-state index contributed by atoms with van der Waals surface area (Å²) in [6.45, 7) is 18.0. The Kier molecular flexibility index (Phi) is 25.4. The van der Waals surface area contributed by atoms with E-state index in [0.29, 0.717) is 37.0 Å². The maximum absolute atomic E-state index is 14.9. The van der Waals surface area contributed by atoms with Crippen molar-refractivity contribution in [3.63, 3.8) is 0 Å². The molecule has 23 heteroatoms. The molecule has 0 aliphatic carbocycles. The third kappa shape index (κ3) is 16.6. The average molecular weight is 1130 g/mol. The molecule has 2 heterocycles. The van der Waals surface area contributed by atoms with Gasteiger partial charge in [0.1, 0.15) is 54.1 Å². The largest absolute Gasteiger partial charge is 0.497 e. The van der Waals surface area contributed by atoms with Gasteiger partial charge < -0.3 is 59.9 Å². The molecule has 0 aromatic heterocycles. The Bertz CT molecular complexity index is 2380. The summed E-state index contributed by atoms with van der Waals surface area (Å²) in [5, 5.41) is 18.4. The quantitative estimate of drug-likeness (QED) is 0.219. The SMILES string of the molecule is CC[C@H](C)[C@H]1C(=O)NCC(=O)N(C)[C@@H](C(C)C)C(=O)N[C@@H](Cc2ccc(OC)cc2)C(=O)OC(C)C(=O)N2CCCC[C@H]2C(=O)N(C)[C@@H](C(C)C)C(=O)N[C@@H](C(C)C)C(=O)N(C)[C@@H](CC(=O)O)C(=O)N(C)[C@@H]([C@@H](C)CC)C(=O)N1C. The van der Waals surface area contributed by atoms with Crippen molar-refractivity contribution in [2.24, 2.45) is 29.6 Å². The minimum absolute atomic E-state index is 0.106. The van der Waals surface area contributed by atoms with Crippen LogP contribution >= 0.6 is 0 Å². The molecule has 0 spiro atoms. The third-order valence-electron chi connectivity index (χ3n) is 15.8. The van der Waals surface area contributed by atoms with Crippen molar-refractivity contribution in [3.05, 3.63) is 29.8 Å². The van der Waals surface area contributed by atoms with Crippen molar-refractivity contribution in [1.29, 1.82) is 0 Å². The number of hydrogen-bond acceptors (Lipinski definition) is 13. The topological polar surface area (TPSA) is 282 Å². The summed E-state index contributed by atoms with van der Waals surface area (Å²) in [5.41, 5.74) is 0.581. The number of nitrogens with zero attached hydrogens (tertiary/aromatic N) is 6. The second-order valence-corrected chi connectivity index (χ2v) is 22.6. The number of methoxy groups -OCH3 is 1. The number of carbonyl (C=O) groups excluding carboxylic acids is 10. The summed E-state index contributed by atoms with van der Waals surface area (Å²) in [4.78, 5) is 165. The maximum atomic E-state index is 14.9. The highest BCUT2D eigenvalue weighted by Crippen LogP contribution is 2.26. The van der Waals surface area contributed by atoms with E-state index >= 15 is 0 Å². The number of benzene rings is 1. The molecule has 448 valence electrons. The third-order valence-corrected chi connectivity index (χ3v) is 15.8. The number of fused-ring (bicyclic) bond motifs is 1. The summed E-state index contributed by atoms with van der Waals surface area (Å²) in [6, 6.07) is -3.77. The van der Waals surface area contributed by atoms with Gasteiger partial charge in [0.15, 0.2) is 6.10 Å². The zero-order valence-electron chi connectivity index (χ0n) is 50.2. The first-order valence-electron chi connectivity index (χ1n) is 27.9. The van der Waals surface area contributed by atoms with Crippen LogP contribution in [-0.2, 0) is 63.9 Å². The monoisotopic (exact) mass is 1130 g/mol. The fraction of sp³-hybridized carbons (Fsp3) is 0.702.